The number of carbonyl (C=O) groups excluding carboxylic acids is 2. The molecule has 2 atom stereocenters. The summed E-state index contributed by atoms with van der Waals surface area (Å²) >= 11 is 3.44. The van der Waals surface area contributed by atoms with Crippen molar-refractivity contribution in [2.45, 2.75) is 64.1 Å². The largest absolute Gasteiger partial charge is 0.493 e. The highest BCUT2D eigenvalue weighted by molar-refractivity contribution is 9.10. The van der Waals surface area contributed by atoms with E-state index in [2.05, 4.69) is 48.4 Å². The fourth-order valence-corrected chi connectivity index (χ4v) is 4.77. The summed E-state index contributed by atoms with van der Waals surface area (Å²) in [6.45, 7) is 2.78. The van der Waals surface area contributed by atoms with Gasteiger partial charge in [-0.1, -0.05) is 61.4 Å². The van der Waals surface area contributed by atoms with Crippen molar-refractivity contribution in [3.63, 3.8) is 0 Å². The lowest BCUT2D eigenvalue weighted by atomic mass is 10.1. The molecule has 2 aliphatic heterocycles. The van der Waals surface area contributed by atoms with Crippen molar-refractivity contribution in [2.75, 3.05) is 13.6 Å². The average molecular weight is 532 g/mol. The van der Waals surface area contributed by atoms with Crippen LogP contribution >= 0.6 is 15.9 Å². The minimum absolute atomic E-state index is 0.100. The van der Waals surface area contributed by atoms with Crippen LogP contribution in [0.2, 0.25) is 0 Å². The quantitative estimate of drug-likeness (QED) is 0.310. The van der Waals surface area contributed by atoms with E-state index in [4.69, 9.17) is 0 Å². The van der Waals surface area contributed by atoms with E-state index >= 15 is 0 Å². The molecule has 0 radical (unpaired) electrons. The molecule has 2 aromatic rings. The first-order valence-corrected chi connectivity index (χ1v) is 12.5. The number of aromatic hydroxyl groups is 1. The zero-order valence-electron chi connectivity index (χ0n) is 19.4. The van der Waals surface area contributed by atoms with Crippen LogP contribution in [0.15, 0.2) is 37.9 Å². The Labute approximate surface area is 206 Å². The predicted molar refractivity (Wildman–Crippen MR) is 133 cm³/mol. The van der Waals surface area contributed by atoms with Gasteiger partial charge in [-0.25, -0.2) is 9.79 Å². The number of nitrogens with one attached hydrogen (secondary N) is 2. The molecule has 0 spiro atoms. The second kappa shape index (κ2) is 10.5. The van der Waals surface area contributed by atoms with Crippen LogP contribution in [0.4, 0.5) is 10.5 Å². The monoisotopic (exact) mass is 531 g/mol. The van der Waals surface area contributed by atoms with E-state index in [0.29, 0.717) is 17.6 Å². The van der Waals surface area contributed by atoms with Gasteiger partial charge in [-0.3, -0.25) is 10.1 Å². The summed E-state index contributed by atoms with van der Waals surface area (Å²) in [5.74, 6) is -0.207. The van der Waals surface area contributed by atoms with Crippen LogP contribution in [-0.2, 0) is 4.79 Å². The molecule has 1 saturated heterocycles. The van der Waals surface area contributed by atoms with Gasteiger partial charge in [0.2, 0.25) is 11.8 Å². The number of guanidine groups is 1. The first kappa shape index (κ1) is 24.2. The van der Waals surface area contributed by atoms with Crippen molar-refractivity contribution in [1.82, 2.24) is 20.1 Å². The molecule has 182 valence electrons. The fourth-order valence-electron chi connectivity index (χ4n) is 4.40. The lowest BCUT2D eigenvalue weighted by molar-refractivity contribution is -0.127. The van der Waals surface area contributed by atoms with Gasteiger partial charge in [0, 0.05) is 23.5 Å². The van der Waals surface area contributed by atoms with E-state index in [1.807, 2.05) is 23.1 Å². The number of amides is 3. The number of unbranched alkanes of at least 4 members (excludes halogenated alkanes) is 6. The topological polar surface area (TPSA) is 126 Å². The molecule has 1 aromatic heterocycles. The second-order valence-electron chi connectivity index (χ2n) is 8.72. The molecule has 3 N–H and O–H groups in total. The van der Waals surface area contributed by atoms with Crippen LogP contribution in [-0.4, -0.2) is 63.6 Å². The van der Waals surface area contributed by atoms with Gasteiger partial charge < -0.3 is 19.9 Å². The number of aliphatic imine (C=N–C) groups is 1. The molecule has 10 nitrogen and oxygen atoms in total. The number of carbonyl (C=O) groups is 2. The van der Waals surface area contributed by atoms with Crippen molar-refractivity contribution in [2.24, 2.45) is 15.2 Å². The molecule has 2 unspecified atom stereocenters. The van der Waals surface area contributed by atoms with Crippen molar-refractivity contribution in [1.29, 1.82) is 0 Å². The number of aromatic amines is 1. The minimum atomic E-state index is -0.662. The summed E-state index contributed by atoms with van der Waals surface area (Å²) in [5.41, 5.74) is 1.01. The Kier molecular flexibility index (Phi) is 7.50. The Morgan fingerprint density at radius 3 is 2.62 bits per heavy atom. The van der Waals surface area contributed by atoms with Crippen LogP contribution in [0, 0.1) is 0 Å². The van der Waals surface area contributed by atoms with Crippen LogP contribution in [0.3, 0.4) is 0 Å². The van der Waals surface area contributed by atoms with Crippen molar-refractivity contribution in [3.8, 4) is 5.88 Å². The highest BCUT2D eigenvalue weighted by Crippen LogP contribution is 2.37. The number of halogens is 1. The van der Waals surface area contributed by atoms with Crippen molar-refractivity contribution >= 4 is 50.4 Å². The highest BCUT2D eigenvalue weighted by Gasteiger charge is 2.48. The number of H-pyrrole nitrogens is 1. The maximum absolute atomic E-state index is 12.7. The number of hydrogen-bond acceptors (Lipinski definition) is 7. The molecule has 34 heavy (non-hydrogen) atoms. The number of aromatic nitrogens is 1. The third-order valence-electron chi connectivity index (χ3n) is 6.29. The second-order valence-corrected chi connectivity index (χ2v) is 9.64. The molecule has 3 amide bonds. The fraction of sp³-hybridized carbons (Fsp3) is 0.522. The molecule has 3 heterocycles. The van der Waals surface area contributed by atoms with E-state index in [0.717, 1.165) is 29.3 Å². The normalized spacial score (nSPS) is 20.4. The number of rotatable bonds is 9. The van der Waals surface area contributed by atoms with Gasteiger partial charge in [-0.2, -0.15) is 0 Å². The van der Waals surface area contributed by atoms with E-state index in [9.17, 15) is 14.7 Å². The van der Waals surface area contributed by atoms with Gasteiger partial charge in [-0.05, 0) is 24.6 Å². The van der Waals surface area contributed by atoms with Gasteiger partial charge in [0.25, 0.3) is 5.91 Å². The molecule has 1 fully saturated rings. The lowest BCUT2D eigenvalue weighted by Crippen LogP contribution is -2.63. The molecule has 2 aliphatic rings. The maximum Gasteiger partial charge on any atom is 0.325 e. The summed E-state index contributed by atoms with van der Waals surface area (Å²) in [6, 6.07) is 4.40. The molecule has 11 heteroatoms. The number of nitrogens with zero attached hydrogens (tertiary/aromatic N) is 5. The Morgan fingerprint density at radius 1 is 1.12 bits per heavy atom. The van der Waals surface area contributed by atoms with E-state index in [-0.39, 0.29) is 17.7 Å². The van der Waals surface area contributed by atoms with Gasteiger partial charge in [0.05, 0.1) is 5.52 Å². The zero-order chi connectivity index (χ0) is 24.2. The van der Waals surface area contributed by atoms with Crippen LogP contribution in [0.1, 0.15) is 51.9 Å². The number of azo groups is 1. The highest BCUT2D eigenvalue weighted by atomic mass is 79.9. The molecule has 0 bridgehead atoms. The Hall–Kier alpha value is -2.95. The first-order valence-electron chi connectivity index (χ1n) is 11.7. The molecule has 0 saturated carbocycles. The summed E-state index contributed by atoms with van der Waals surface area (Å²) < 4.78 is 0.844. The third kappa shape index (κ3) is 4.94. The summed E-state index contributed by atoms with van der Waals surface area (Å²) in [5, 5.41) is 22.1. The number of urea groups is 1. The van der Waals surface area contributed by atoms with Gasteiger partial charge in [-0.15, -0.1) is 10.2 Å². The maximum atomic E-state index is 12.7. The van der Waals surface area contributed by atoms with Crippen molar-refractivity contribution < 1.29 is 14.7 Å². The zero-order valence-corrected chi connectivity index (χ0v) is 21.0. The summed E-state index contributed by atoms with van der Waals surface area (Å²) in [6.07, 6.45) is 7.30. The van der Waals surface area contributed by atoms with E-state index in [1.165, 1.54) is 30.6 Å². The SMILES string of the molecule is CCCCCCCCCN1C(N=Nc2c(O)[nH]c3ccc(Br)cc23)=NC2C1C(=O)NC(=O)N2C. The van der Waals surface area contributed by atoms with Crippen molar-refractivity contribution in [3.05, 3.63) is 22.7 Å². The van der Waals surface area contributed by atoms with E-state index in [1.54, 1.807) is 7.05 Å². The Bertz CT molecular complexity index is 1130. The van der Waals surface area contributed by atoms with Gasteiger partial charge >= 0.3 is 6.03 Å². The number of likely N-dealkylation sites (N-methyl/N-ethyl adjacent to an activating group) is 1. The Balaban J connectivity index is 1.54. The van der Waals surface area contributed by atoms with Crippen LogP contribution < -0.4 is 5.32 Å². The summed E-state index contributed by atoms with van der Waals surface area (Å²) in [7, 11) is 1.61. The number of fused-ring (bicyclic) bond motifs is 2. The van der Waals surface area contributed by atoms with Crippen LogP contribution in [0.5, 0.6) is 5.88 Å². The molecule has 0 aliphatic carbocycles. The first-order chi connectivity index (χ1) is 16.4. The van der Waals surface area contributed by atoms with E-state index < -0.39 is 18.2 Å². The average Bonchev–Trinajstić information content (AvgIpc) is 3.32. The number of benzene rings is 1. The summed E-state index contributed by atoms with van der Waals surface area (Å²) in [4.78, 5) is 35.5. The van der Waals surface area contributed by atoms with Gasteiger partial charge in [0.1, 0.15) is 0 Å². The molecular weight excluding hydrogens is 502 g/mol. The molecule has 4 rings (SSSR count). The van der Waals surface area contributed by atoms with Crippen LogP contribution in [0.25, 0.3) is 10.9 Å². The standard InChI is InChI=1S/C23H30BrN7O3/c1-3-4-5-6-7-8-9-12-31-18-19(30(2)23(34)27-21(18)33)26-22(31)29-28-17-15-13-14(24)10-11-16(15)25-20(17)32/h10-11,13,18-19,25,32H,3-9,12H2,1-2H3,(H,27,33,34). The lowest BCUT2D eigenvalue weighted by Gasteiger charge is -2.35. The predicted octanol–water partition coefficient (Wildman–Crippen LogP) is 5.02. The molecular formula is C23H30BrN7O3. The number of hydrogen-bond donors (Lipinski definition) is 3. The minimum Gasteiger partial charge on any atom is -0.493 e. The molecule has 1 aromatic carbocycles. The number of imide groups is 1. The van der Waals surface area contributed by atoms with Gasteiger partial charge in [0.15, 0.2) is 17.9 Å². The smallest absolute Gasteiger partial charge is 0.325 e. The third-order valence-corrected chi connectivity index (χ3v) is 6.79. The Morgan fingerprint density at radius 2 is 1.85 bits per heavy atom.